The van der Waals surface area contributed by atoms with E-state index in [9.17, 15) is 19.5 Å². The number of anilines is 1. The number of benzene rings is 2. The number of nitrogens with one attached hydrogen (secondary N) is 1. The molecule has 10 heteroatoms. The first-order chi connectivity index (χ1) is 14.8. The summed E-state index contributed by atoms with van der Waals surface area (Å²) in [6, 6.07) is 6.79. The van der Waals surface area contributed by atoms with E-state index in [1.807, 2.05) is 0 Å². The summed E-state index contributed by atoms with van der Waals surface area (Å²) in [6.07, 6.45) is 3.97. The molecule has 0 radical (unpaired) electrons. The maximum Gasteiger partial charge on any atom is 0.394 e. The van der Waals surface area contributed by atoms with Gasteiger partial charge in [0.1, 0.15) is 11.5 Å². The Balaban J connectivity index is 1.83. The van der Waals surface area contributed by atoms with Crippen LogP contribution in [0.2, 0.25) is 10.0 Å². The molecular weight excluding hydrogens is 447 g/mol. The Morgan fingerprint density at radius 2 is 1.58 bits per heavy atom. The van der Waals surface area contributed by atoms with Gasteiger partial charge >= 0.3 is 11.9 Å². The zero-order valence-electron chi connectivity index (χ0n) is 16.4. The monoisotopic (exact) mass is 466 g/mol. The van der Waals surface area contributed by atoms with Crippen molar-refractivity contribution in [1.29, 1.82) is 0 Å². The molecule has 1 heterocycles. The number of ether oxygens (including phenoxy) is 1. The SMILES string of the molecule is O=C(O)C(=O)Nc1cc(Cl)c(Oc2ccc(O)c(C(=O)N3CCCCCC3)c2)c(Cl)c1. The minimum atomic E-state index is -1.65. The molecule has 2 aromatic carbocycles. The summed E-state index contributed by atoms with van der Waals surface area (Å²) >= 11 is 12.4. The Hall–Kier alpha value is -2.97. The van der Waals surface area contributed by atoms with Crippen molar-refractivity contribution in [2.45, 2.75) is 25.7 Å². The van der Waals surface area contributed by atoms with E-state index in [-0.39, 0.29) is 44.5 Å². The molecule has 3 rings (SSSR count). The van der Waals surface area contributed by atoms with Gasteiger partial charge in [-0.2, -0.15) is 0 Å². The molecule has 1 fully saturated rings. The number of aromatic hydroxyl groups is 1. The topological polar surface area (TPSA) is 116 Å². The quantitative estimate of drug-likeness (QED) is 0.569. The van der Waals surface area contributed by atoms with Crippen LogP contribution in [0.1, 0.15) is 36.0 Å². The number of phenolic OH excluding ortho intramolecular Hbond substituents is 1. The van der Waals surface area contributed by atoms with E-state index in [0.717, 1.165) is 25.7 Å². The van der Waals surface area contributed by atoms with Crippen LogP contribution >= 0.6 is 23.2 Å². The van der Waals surface area contributed by atoms with Crippen molar-refractivity contribution < 1.29 is 29.3 Å². The predicted molar refractivity (Wildman–Crippen MR) is 115 cm³/mol. The largest absolute Gasteiger partial charge is 0.507 e. The van der Waals surface area contributed by atoms with E-state index in [4.69, 9.17) is 33.0 Å². The fraction of sp³-hybridized carbons (Fsp3) is 0.286. The lowest BCUT2D eigenvalue weighted by Crippen LogP contribution is -2.31. The molecule has 1 saturated heterocycles. The molecule has 0 spiro atoms. The highest BCUT2D eigenvalue weighted by atomic mass is 35.5. The lowest BCUT2D eigenvalue weighted by atomic mass is 10.1. The summed E-state index contributed by atoms with van der Waals surface area (Å²) in [5.74, 6) is -3.06. The average Bonchev–Trinajstić information content (AvgIpc) is 3.01. The molecule has 164 valence electrons. The highest BCUT2D eigenvalue weighted by Gasteiger charge is 2.22. The lowest BCUT2D eigenvalue weighted by molar-refractivity contribution is -0.147. The third-order valence-corrected chi connectivity index (χ3v) is 5.32. The second-order valence-corrected chi connectivity index (χ2v) is 7.83. The number of nitrogens with zero attached hydrogens (tertiary/aromatic N) is 1. The Morgan fingerprint density at radius 1 is 0.968 bits per heavy atom. The van der Waals surface area contributed by atoms with Gasteiger partial charge in [0.25, 0.3) is 5.91 Å². The summed E-state index contributed by atoms with van der Waals surface area (Å²) in [4.78, 5) is 36.6. The van der Waals surface area contributed by atoms with Gasteiger partial charge in [0.15, 0.2) is 5.75 Å². The third-order valence-electron chi connectivity index (χ3n) is 4.76. The average molecular weight is 467 g/mol. The number of hydrogen-bond donors (Lipinski definition) is 3. The fourth-order valence-corrected chi connectivity index (χ4v) is 3.79. The predicted octanol–water partition coefficient (Wildman–Crippen LogP) is 4.53. The highest BCUT2D eigenvalue weighted by molar-refractivity contribution is 6.39. The maximum atomic E-state index is 12.9. The van der Waals surface area contributed by atoms with Crippen LogP contribution in [0.15, 0.2) is 30.3 Å². The van der Waals surface area contributed by atoms with E-state index in [1.54, 1.807) is 4.90 Å². The first-order valence-electron chi connectivity index (χ1n) is 9.59. The van der Waals surface area contributed by atoms with Crippen LogP contribution in [0.3, 0.4) is 0 Å². The number of rotatable bonds is 4. The summed E-state index contributed by atoms with van der Waals surface area (Å²) in [7, 11) is 0. The van der Waals surface area contributed by atoms with Crippen molar-refractivity contribution in [2.24, 2.45) is 0 Å². The molecule has 0 aliphatic carbocycles. The molecule has 0 bridgehead atoms. The molecule has 8 nitrogen and oxygen atoms in total. The zero-order valence-corrected chi connectivity index (χ0v) is 17.9. The lowest BCUT2D eigenvalue weighted by Gasteiger charge is -2.21. The number of phenols is 1. The Morgan fingerprint density at radius 3 is 2.16 bits per heavy atom. The van der Waals surface area contributed by atoms with E-state index >= 15 is 0 Å². The number of carbonyl (C=O) groups excluding carboxylic acids is 2. The van der Waals surface area contributed by atoms with Crippen LogP contribution in [0.25, 0.3) is 0 Å². The Bertz CT molecular complexity index is 996. The summed E-state index contributed by atoms with van der Waals surface area (Å²) in [5.41, 5.74) is 0.189. The molecular formula is C21H20Cl2N2O6. The number of amides is 2. The maximum absolute atomic E-state index is 12.9. The van der Waals surface area contributed by atoms with Gasteiger partial charge in [-0.25, -0.2) is 4.79 Å². The van der Waals surface area contributed by atoms with Crippen LogP contribution in [-0.4, -0.2) is 46.0 Å². The van der Waals surface area contributed by atoms with Gasteiger partial charge in [0, 0.05) is 18.8 Å². The number of carbonyl (C=O) groups is 3. The van der Waals surface area contributed by atoms with Gasteiger partial charge in [-0.3, -0.25) is 9.59 Å². The van der Waals surface area contributed by atoms with E-state index in [0.29, 0.717) is 13.1 Å². The fourth-order valence-electron chi connectivity index (χ4n) is 3.23. The van der Waals surface area contributed by atoms with Gasteiger partial charge in [-0.05, 0) is 43.2 Å². The number of carboxylic acid groups (broad SMARTS) is 1. The van der Waals surface area contributed by atoms with E-state index in [1.165, 1.54) is 30.3 Å². The standard InChI is InChI=1S/C21H20Cl2N2O6/c22-15-9-12(24-19(27)21(29)30)10-16(23)18(15)31-13-5-6-17(26)14(11-13)20(28)25-7-3-1-2-4-8-25/h5-6,9-11,26H,1-4,7-8H2,(H,24,27)(H,29,30). The number of likely N-dealkylation sites (tertiary alicyclic amines) is 1. The molecule has 31 heavy (non-hydrogen) atoms. The van der Waals surface area contributed by atoms with Crippen molar-refractivity contribution >= 4 is 46.7 Å². The third kappa shape index (κ3) is 5.59. The van der Waals surface area contributed by atoms with Crippen molar-refractivity contribution in [3.63, 3.8) is 0 Å². The van der Waals surface area contributed by atoms with Crippen molar-refractivity contribution in [2.75, 3.05) is 18.4 Å². The molecule has 0 saturated carbocycles. The van der Waals surface area contributed by atoms with Gasteiger partial charge in [0.2, 0.25) is 0 Å². The van der Waals surface area contributed by atoms with Gasteiger partial charge in [0.05, 0.1) is 15.6 Å². The Kier molecular flexibility index (Phi) is 7.25. The van der Waals surface area contributed by atoms with Crippen LogP contribution in [0.4, 0.5) is 5.69 Å². The summed E-state index contributed by atoms with van der Waals surface area (Å²) < 4.78 is 5.73. The second-order valence-electron chi connectivity index (χ2n) is 7.02. The van der Waals surface area contributed by atoms with Crippen LogP contribution in [0.5, 0.6) is 17.2 Å². The number of hydrogen-bond acceptors (Lipinski definition) is 5. The van der Waals surface area contributed by atoms with Crippen LogP contribution in [0, 0.1) is 0 Å². The van der Waals surface area contributed by atoms with Crippen molar-refractivity contribution in [3.8, 4) is 17.2 Å². The molecule has 1 aliphatic heterocycles. The first-order valence-corrected chi connectivity index (χ1v) is 10.4. The molecule has 0 aromatic heterocycles. The normalized spacial score (nSPS) is 13.9. The molecule has 2 amide bonds. The van der Waals surface area contributed by atoms with Crippen molar-refractivity contribution in [3.05, 3.63) is 45.9 Å². The molecule has 1 aliphatic rings. The van der Waals surface area contributed by atoms with E-state index in [2.05, 4.69) is 5.32 Å². The number of aliphatic carboxylic acids is 1. The highest BCUT2D eigenvalue weighted by Crippen LogP contribution is 2.39. The molecule has 3 N–H and O–H groups in total. The van der Waals surface area contributed by atoms with Crippen LogP contribution in [-0.2, 0) is 9.59 Å². The Labute approximate surface area is 188 Å². The summed E-state index contributed by atoms with van der Waals surface area (Å²) in [6.45, 7) is 1.26. The summed E-state index contributed by atoms with van der Waals surface area (Å²) in [5, 5.41) is 21.1. The number of halogens is 2. The zero-order chi connectivity index (χ0) is 22.5. The second kappa shape index (κ2) is 9.89. The minimum absolute atomic E-state index is 0.0154. The molecule has 2 aromatic rings. The van der Waals surface area contributed by atoms with Crippen molar-refractivity contribution in [1.82, 2.24) is 4.90 Å². The smallest absolute Gasteiger partial charge is 0.394 e. The minimum Gasteiger partial charge on any atom is -0.507 e. The van der Waals surface area contributed by atoms with E-state index < -0.39 is 11.9 Å². The van der Waals surface area contributed by atoms with Gasteiger partial charge in [-0.1, -0.05) is 36.0 Å². The van der Waals surface area contributed by atoms with Gasteiger partial charge < -0.3 is 25.2 Å². The van der Waals surface area contributed by atoms with Crippen LogP contribution < -0.4 is 10.1 Å². The molecule has 0 atom stereocenters. The number of carboxylic acids is 1. The molecule has 0 unspecified atom stereocenters. The first kappa shape index (κ1) is 22.7. The van der Waals surface area contributed by atoms with Gasteiger partial charge in [-0.15, -0.1) is 0 Å².